The standard InChI is InChI=1S/C15H16N4O3/c1-8-5-10-14(17-7-16-10)13(9(8)2)18-11-6-12(21)19(3-4-20)15(11)22/h5-7,18,20H,3-4H2,1-2H3,(H,16,17). The van der Waals surface area contributed by atoms with Crippen LogP contribution >= 0.6 is 0 Å². The van der Waals surface area contributed by atoms with Crippen molar-refractivity contribution in [1.29, 1.82) is 0 Å². The van der Waals surface area contributed by atoms with Crippen molar-refractivity contribution in [2.75, 3.05) is 18.5 Å². The number of anilines is 1. The van der Waals surface area contributed by atoms with E-state index in [0.29, 0.717) is 11.2 Å². The number of hydrogen-bond donors (Lipinski definition) is 3. The van der Waals surface area contributed by atoms with Crippen LogP contribution in [0.2, 0.25) is 0 Å². The molecule has 1 aromatic carbocycles. The number of aromatic amines is 1. The Morgan fingerprint density at radius 1 is 1.36 bits per heavy atom. The molecule has 1 aliphatic rings. The molecule has 0 fully saturated rings. The van der Waals surface area contributed by atoms with E-state index in [9.17, 15) is 9.59 Å². The number of aliphatic hydroxyl groups excluding tert-OH is 1. The predicted molar refractivity (Wildman–Crippen MR) is 81.1 cm³/mol. The molecule has 22 heavy (non-hydrogen) atoms. The van der Waals surface area contributed by atoms with Crippen molar-refractivity contribution < 1.29 is 14.7 Å². The van der Waals surface area contributed by atoms with Gasteiger partial charge in [0.25, 0.3) is 11.8 Å². The maximum atomic E-state index is 12.2. The number of nitrogens with one attached hydrogen (secondary N) is 2. The molecule has 3 N–H and O–H groups in total. The Hall–Kier alpha value is -2.67. The number of H-pyrrole nitrogens is 1. The molecule has 0 atom stereocenters. The predicted octanol–water partition coefficient (Wildman–Crippen LogP) is 0.837. The minimum atomic E-state index is -0.441. The number of aryl methyl sites for hydroxylation is 1. The van der Waals surface area contributed by atoms with Crippen LogP contribution in [0, 0.1) is 13.8 Å². The molecule has 0 spiro atoms. The monoisotopic (exact) mass is 300 g/mol. The zero-order valence-electron chi connectivity index (χ0n) is 12.3. The third-order valence-corrected chi connectivity index (χ3v) is 3.83. The number of imide groups is 1. The summed E-state index contributed by atoms with van der Waals surface area (Å²) in [6.45, 7) is 3.63. The van der Waals surface area contributed by atoms with Crippen molar-refractivity contribution in [3.63, 3.8) is 0 Å². The number of hydrogen-bond acceptors (Lipinski definition) is 5. The van der Waals surface area contributed by atoms with Crippen molar-refractivity contribution in [2.24, 2.45) is 0 Å². The molecule has 3 rings (SSSR count). The molecule has 0 unspecified atom stereocenters. The highest BCUT2D eigenvalue weighted by Crippen LogP contribution is 2.29. The first-order chi connectivity index (χ1) is 10.5. The van der Waals surface area contributed by atoms with Gasteiger partial charge in [0.1, 0.15) is 11.2 Å². The maximum Gasteiger partial charge on any atom is 0.277 e. The number of aliphatic hydroxyl groups is 1. The highest BCUT2D eigenvalue weighted by atomic mass is 16.3. The second kappa shape index (κ2) is 5.27. The van der Waals surface area contributed by atoms with Crippen LogP contribution in [0.4, 0.5) is 5.69 Å². The van der Waals surface area contributed by atoms with Gasteiger partial charge in [0.2, 0.25) is 0 Å². The molecule has 114 valence electrons. The summed E-state index contributed by atoms with van der Waals surface area (Å²) in [6.07, 6.45) is 2.83. The third kappa shape index (κ3) is 2.15. The van der Waals surface area contributed by atoms with Gasteiger partial charge in [-0.05, 0) is 31.0 Å². The number of amides is 2. The number of carbonyl (C=O) groups is 2. The Balaban J connectivity index is 1.99. The topological polar surface area (TPSA) is 98.3 Å². The molecule has 2 aromatic rings. The zero-order valence-corrected chi connectivity index (χ0v) is 12.3. The second-order valence-corrected chi connectivity index (χ2v) is 5.19. The van der Waals surface area contributed by atoms with Gasteiger partial charge in [-0.25, -0.2) is 4.98 Å². The van der Waals surface area contributed by atoms with E-state index in [1.54, 1.807) is 6.33 Å². The van der Waals surface area contributed by atoms with E-state index in [2.05, 4.69) is 15.3 Å². The van der Waals surface area contributed by atoms with Crippen LogP contribution in [-0.4, -0.2) is 44.9 Å². The van der Waals surface area contributed by atoms with Crippen LogP contribution in [0.1, 0.15) is 11.1 Å². The quantitative estimate of drug-likeness (QED) is 0.727. The lowest BCUT2D eigenvalue weighted by Crippen LogP contribution is -2.34. The largest absolute Gasteiger partial charge is 0.395 e. The number of aromatic nitrogens is 2. The van der Waals surface area contributed by atoms with Crippen molar-refractivity contribution in [3.05, 3.63) is 35.3 Å². The molecule has 0 aliphatic carbocycles. The van der Waals surface area contributed by atoms with E-state index >= 15 is 0 Å². The fraction of sp³-hybridized carbons (Fsp3) is 0.267. The van der Waals surface area contributed by atoms with Gasteiger partial charge in [-0.2, -0.15) is 0 Å². The summed E-state index contributed by atoms with van der Waals surface area (Å²) in [5.74, 6) is -0.867. The highest BCUT2D eigenvalue weighted by molar-refractivity contribution is 6.18. The van der Waals surface area contributed by atoms with Gasteiger partial charge in [0, 0.05) is 6.08 Å². The number of carbonyl (C=O) groups excluding carboxylic acids is 2. The van der Waals surface area contributed by atoms with Gasteiger partial charge in [-0.3, -0.25) is 14.5 Å². The second-order valence-electron chi connectivity index (χ2n) is 5.19. The Labute approximate surface area is 126 Å². The summed E-state index contributed by atoms with van der Waals surface area (Å²) in [5, 5.41) is 12.0. The van der Waals surface area contributed by atoms with Crippen LogP contribution in [0.5, 0.6) is 0 Å². The van der Waals surface area contributed by atoms with E-state index in [1.165, 1.54) is 6.08 Å². The molecular weight excluding hydrogens is 284 g/mol. The van der Waals surface area contributed by atoms with Crippen LogP contribution in [0.3, 0.4) is 0 Å². The van der Waals surface area contributed by atoms with Crippen molar-refractivity contribution in [3.8, 4) is 0 Å². The number of nitrogens with zero attached hydrogens (tertiary/aromatic N) is 2. The lowest BCUT2D eigenvalue weighted by molar-refractivity contribution is -0.137. The molecule has 0 saturated carbocycles. The van der Waals surface area contributed by atoms with Crippen molar-refractivity contribution in [1.82, 2.24) is 14.9 Å². The Kier molecular flexibility index (Phi) is 3.42. The summed E-state index contributed by atoms with van der Waals surface area (Å²) in [4.78, 5) is 32.3. The van der Waals surface area contributed by atoms with Crippen LogP contribution in [-0.2, 0) is 9.59 Å². The minimum absolute atomic E-state index is 0.00996. The normalized spacial score (nSPS) is 14.9. The first-order valence-corrected chi connectivity index (χ1v) is 6.91. The van der Waals surface area contributed by atoms with Crippen molar-refractivity contribution in [2.45, 2.75) is 13.8 Å². The highest BCUT2D eigenvalue weighted by Gasteiger charge is 2.31. The molecule has 0 radical (unpaired) electrons. The molecular formula is C15H16N4O3. The van der Waals surface area contributed by atoms with Crippen molar-refractivity contribution >= 4 is 28.5 Å². The smallest absolute Gasteiger partial charge is 0.277 e. The average molecular weight is 300 g/mol. The van der Waals surface area contributed by atoms with E-state index in [4.69, 9.17) is 5.11 Å². The molecule has 7 nitrogen and oxygen atoms in total. The summed E-state index contributed by atoms with van der Waals surface area (Å²) < 4.78 is 0. The van der Waals surface area contributed by atoms with Gasteiger partial charge < -0.3 is 15.4 Å². The lowest BCUT2D eigenvalue weighted by atomic mass is 10.1. The Bertz CT molecular complexity index is 806. The van der Waals surface area contributed by atoms with Crippen LogP contribution < -0.4 is 5.32 Å². The molecule has 7 heteroatoms. The van der Waals surface area contributed by atoms with Gasteiger partial charge >= 0.3 is 0 Å². The summed E-state index contributed by atoms with van der Waals surface area (Å²) in [6, 6.07) is 1.98. The lowest BCUT2D eigenvalue weighted by Gasteiger charge is -2.15. The average Bonchev–Trinajstić information content (AvgIpc) is 3.04. The van der Waals surface area contributed by atoms with E-state index in [1.807, 2.05) is 19.9 Å². The Morgan fingerprint density at radius 2 is 2.14 bits per heavy atom. The summed E-state index contributed by atoms with van der Waals surface area (Å²) in [7, 11) is 0. The fourth-order valence-corrected chi connectivity index (χ4v) is 2.51. The number of benzene rings is 1. The minimum Gasteiger partial charge on any atom is -0.395 e. The zero-order chi connectivity index (χ0) is 15.9. The molecule has 0 saturated heterocycles. The Morgan fingerprint density at radius 3 is 2.86 bits per heavy atom. The molecule has 1 aromatic heterocycles. The molecule has 1 aliphatic heterocycles. The number of rotatable bonds is 4. The third-order valence-electron chi connectivity index (χ3n) is 3.83. The van der Waals surface area contributed by atoms with E-state index in [0.717, 1.165) is 21.5 Å². The van der Waals surface area contributed by atoms with E-state index < -0.39 is 11.8 Å². The van der Waals surface area contributed by atoms with Crippen LogP contribution in [0.25, 0.3) is 11.0 Å². The molecule has 2 heterocycles. The van der Waals surface area contributed by atoms with Gasteiger partial charge in [-0.15, -0.1) is 0 Å². The first kappa shape index (κ1) is 14.3. The van der Waals surface area contributed by atoms with E-state index in [-0.39, 0.29) is 18.8 Å². The van der Waals surface area contributed by atoms with Gasteiger partial charge in [-0.1, -0.05) is 0 Å². The summed E-state index contributed by atoms with van der Waals surface area (Å²) >= 11 is 0. The molecule has 2 amide bonds. The fourth-order valence-electron chi connectivity index (χ4n) is 2.51. The molecule has 0 bridgehead atoms. The first-order valence-electron chi connectivity index (χ1n) is 6.91. The summed E-state index contributed by atoms with van der Waals surface area (Å²) in [5.41, 5.74) is 4.47. The van der Waals surface area contributed by atoms with Crippen LogP contribution in [0.15, 0.2) is 24.2 Å². The van der Waals surface area contributed by atoms with Gasteiger partial charge in [0.05, 0.1) is 30.7 Å². The SMILES string of the molecule is Cc1cc2[nH]cnc2c(NC2=CC(=O)N(CCO)C2=O)c1C. The number of β-amino-alcohol motifs (C(OH)–C–C–N with tert-alkyl or cyclic N) is 1. The van der Waals surface area contributed by atoms with Gasteiger partial charge in [0.15, 0.2) is 0 Å². The maximum absolute atomic E-state index is 12.2. The number of imidazole rings is 1. The number of fused-ring (bicyclic) bond motifs is 1.